The molecular formula is C13H18N2O. The second kappa shape index (κ2) is 4.07. The summed E-state index contributed by atoms with van der Waals surface area (Å²) in [6.45, 7) is 4.00. The van der Waals surface area contributed by atoms with Crippen LogP contribution in [-0.4, -0.2) is 25.2 Å². The third-order valence-corrected chi connectivity index (χ3v) is 3.58. The molecule has 0 aromatic heterocycles. The zero-order valence-electron chi connectivity index (χ0n) is 9.46. The Hall–Kier alpha value is -1.06. The van der Waals surface area contributed by atoms with E-state index in [1.54, 1.807) is 0 Å². The fourth-order valence-electron chi connectivity index (χ4n) is 2.60. The van der Waals surface area contributed by atoms with Gasteiger partial charge in [-0.3, -0.25) is 0 Å². The summed E-state index contributed by atoms with van der Waals surface area (Å²) in [5, 5.41) is 6.90. The van der Waals surface area contributed by atoms with E-state index in [-0.39, 0.29) is 5.60 Å². The van der Waals surface area contributed by atoms with Gasteiger partial charge in [0.25, 0.3) is 0 Å². The lowest BCUT2D eigenvalue weighted by Gasteiger charge is -2.37. The Labute approximate surface area is 96.2 Å². The molecule has 0 radical (unpaired) electrons. The highest BCUT2D eigenvalue weighted by atomic mass is 16.5. The molecule has 2 aliphatic rings. The second-order valence-electron chi connectivity index (χ2n) is 4.75. The van der Waals surface area contributed by atoms with Crippen molar-refractivity contribution in [2.45, 2.75) is 25.0 Å². The molecule has 0 saturated carbocycles. The zero-order chi connectivity index (χ0) is 10.8. The number of nitrogens with one attached hydrogen (secondary N) is 2. The number of benzene rings is 1. The van der Waals surface area contributed by atoms with E-state index in [1.807, 2.05) is 0 Å². The Morgan fingerprint density at radius 1 is 1.06 bits per heavy atom. The first-order valence-electron chi connectivity index (χ1n) is 6.06. The molecule has 0 bridgehead atoms. The molecule has 3 heteroatoms. The molecule has 86 valence electrons. The number of piperidine rings is 1. The molecule has 1 fully saturated rings. The third kappa shape index (κ3) is 1.81. The van der Waals surface area contributed by atoms with Gasteiger partial charge in [-0.25, -0.2) is 0 Å². The molecule has 3 nitrogen and oxygen atoms in total. The van der Waals surface area contributed by atoms with Gasteiger partial charge in [-0.1, -0.05) is 18.2 Å². The lowest BCUT2D eigenvalue weighted by Crippen LogP contribution is -2.51. The van der Waals surface area contributed by atoms with Crippen LogP contribution < -0.4 is 15.4 Å². The van der Waals surface area contributed by atoms with Crippen molar-refractivity contribution >= 4 is 0 Å². The minimum atomic E-state index is 0.0118. The van der Waals surface area contributed by atoms with Crippen molar-refractivity contribution in [1.82, 2.24) is 10.6 Å². The zero-order valence-corrected chi connectivity index (χ0v) is 9.46. The van der Waals surface area contributed by atoms with Gasteiger partial charge >= 0.3 is 0 Å². The van der Waals surface area contributed by atoms with Gasteiger partial charge in [-0.2, -0.15) is 0 Å². The summed E-state index contributed by atoms with van der Waals surface area (Å²) in [6.07, 6.45) is 2.18. The number of hydrogen-bond acceptors (Lipinski definition) is 3. The van der Waals surface area contributed by atoms with E-state index in [1.165, 1.54) is 5.56 Å². The van der Waals surface area contributed by atoms with Crippen LogP contribution in [0, 0.1) is 0 Å². The van der Waals surface area contributed by atoms with Gasteiger partial charge in [-0.15, -0.1) is 0 Å². The van der Waals surface area contributed by atoms with Crippen molar-refractivity contribution in [1.29, 1.82) is 0 Å². The topological polar surface area (TPSA) is 33.3 Å². The van der Waals surface area contributed by atoms with E-state index in [0.717, 1.165) is 44.8 Å². The number of fused-ring (bicyclic) bond motifs is 1. The van der Waals surface area contributed by atoms with Gasteiger partial charge in [0.15, 0.2) is 0 Å². The highest BCUT2D eigenvalue weighted by molar-refractivity contribution is 5.34. The standard InChI is InChI=1S/C13H18N2O/c1-2-4-12-11(3-1)9-15-10-13(16-12)5-7-14-8-6-13/h1-4,14-15H,5-10H2. The predicted molar refractivity (Wildman–Crippen MR) is 63.6 cm³/mol. The first-order valence-corrected chi connectivity index (χ1v) is 6.06. The number of para-hydroxylation sites is 1. The lowest BCUT2D eigenvalue weighted by atomic mass is 9.92. The molecule has 0 unspecified atom stereocenters. The Balaban J connectivity index is 1.89. The minimum absolute atomic E-state index is 0.0118. The van der Waals surface area contributed by atoms with Gasteiger partial charge in [0.2, 0.25) is 0 Å². The number of hydrogen-bond donors (Lipinski definition) is 2. The van der Waals surface area contributed by atoms with Gasteiger partial charge in [-0.05, 0) is 19.2 Å². The summed E-state index contributed by atoms with van der Waals surface area (Å²) in [5.41, 5.74) is 1.29. The van der Waals surface area contributed by atoms with E-state index < -0.39 is 0 Å². The monoisotopic (exact) mass is 218 g/mol. The average Bonchev–Trinajstić information content (AvgIpc) is 2.49. The molecule has 0 aliphatic carbocycles. The van der Waals surface area contributed by atoms with Crippen molar-refractivity contribution < 1.29 is 4.74 Å². The second-order valence-corrected chi connectivity index (χ2v) is 4.75. The molecular weight excluding hydrogens is 200 g/mol. The maximum Gasteiger partial charge on any atom is 0.124 e. The van der Waals surface area contributed by atoms with Crippen LogP contribution in [-0.2, 0) is 6.54 Å². The fourth-order valence-corrected chi connectivity index (χ4v) is 2.60. The molecule has 3 rings (SSSR count). The summed E-state index contributed by atoms with van der Waals surface area (Å²) >= 11 is 0. The highest BCUT2D eigenvalue weighted by Gasteiger charge is 2.35. The van der Waals surface area contributed by atoms with E-state index in [9.17, 15) is 0 Å². The average molecular weight is 218 g/mol. The highest BCUT2D eigenvalue weighted by Crippen LogP contribution is 2.30. The molecule has 2 heterocycles. The van der Waals surface area contributed by atoms with Crippen LogP contribution in [0.2, 0.25) is 0 Å². The van der Waals surface area contributed by atoms with Gasteiger partial charge in [0.1, 0.15) is 11.4 Å². The third-order valence-electron chi connectivity index (χ3n) is 3.58. The van der Waals surface area contributed by atoms with E-state index in [2.05, 4.69) is 34.9 Å². The maximum absolute atomic E-state index is 6.28. The Kier molecular flexibility index (Phi) is 2.58. The maximum atomic E-state index is 6.28. The molecule has 2 N–H and O–H groups in total. The Morgan fingerprint density at radius 3 is 2.75 bits per heavy atom. The van der Waals surface area contributed by atoms with Crippen LogP contribution in [0.15, 0.2) is 24.3 Å². The van der Waals surface area contributed by atoms with Crippen molar-refractivity contribution in [2.75, 3.05) is 19.6 Å². The van der Waals surface area contributed by atoms with E-state index >= 15 is 0 Å². The number of rotatable bonds is 0. The van der Waals surface area contributed by atoms with E-state index in [4.69, 9.17) is 4.74 Å². The molecule has 0 atom stereocenters. The summed E-state index contributed by atoms with van der Waals surface area (Å²) in [5.74, 6) is 1.06. The molecule has 1 aromatic carbocycles. The van der Waals surface area contributed by atoms with Gasteiger partial charge in [0.05, 0.1) is 0 Å². The Bertz CT molecular complexity index is 372. The van der Waals surface area contributed by atoms with Crippen LogP contribution in [0.1, 0.15) is 18.4 Å². The molecule has 2 aliphatic heterocycles. The molecule has 1 spiro atoms. The predicted octanol–water partition coefficient (Wildman–Crippen LogP) is 1.29. The quantitative estimate of drug-likeness (QED) is 0.688. The summed E-state index contributed by atoms with van der Waals surface area (Å²) in [4.78, 5) is 0. The first-order chi connectivity index (χ1) is 7.88. The summed E-state index contributed by atoms with van der Waals surface area (Å²) < 4.78 is 6.28. The van der Waals surface area contributed by atoms with Crippen LogP contribution in [0.4, 0.5) is 0 Å². The first kappa shape index (κ1) is 10.1. The minimum Gasteiger partial charge on any atom is -0.486 e. The van der Waals surface area contributed by atoms with Crippen LogP contribution in [0.25, 0.3) is 0 Å². The van der Waals surface area contributed by atoms with Crippen molar-refractivity contribution in [3.05, 3.63) is 29.8 Å². The van der Waals surface area contributed by atoms with Gasteiger partial charge in [0, 0.05) is 31.5 Å². The van der Waals surface area contributed by atoms with Crippen LogP contribution >= 0.6 is 0 Å². The normalized spacial score (nSPS) is 23.2. The van der Waals surface area contributed by atoms with Crippen molar-refractivity contribution in [2.24, 2.45) is 0 Å². The smallest absolute Gasteiger partial charge is 0.124 e. The molecule has 0 amide bonds. The summed E-state index contributed by atoms with van der Waals surface area (Å²) in [6, 6.07) is 8.36. The molecule has 1 aromatic rings. The Morgan fingerprint density at radius 2 is 1.88 bits per heavy atom. The fraction of sp³-hybridized carbons (Fsp3) is 0.538. The number of ether oxygens (including phenoxy) is 1. The van der Waals surface area contributed by atoms with Gasteiger partial charge < -0.3 is 15.4 Å². The lowest BCUT2D eigenvalue weighted by molar-refractivity contribution is 0.0421. The molecule has 16 heavy (non-hydrogen) atoms. The van der Waals surface area contributed by atoms with Crippen LogP contribution in [0.5, 0.6) is 5.75 Å². The summed E-state index contributed by atoms with van der Waals surface area (Å²) in [7, 11) is 0. The van der Waals surface area contributed by atoms with Crippen LogP contribution in [0.3, 0.4) is 0 Å². The van der Waals surface area contributed by atoms with E-state index in [0.29, 0.717) is 0 Å². The van der Waals surface area contributed by atoms with Crippen molar-refractivity contribution in [3.8, 4) is 5.75 Å². The van der Waals surface area contributed by atoms with Crippen molar-refractivity contribution in [3.63, 3.8) is 0 Å². The molecule has 1 saturated heterocycles. The largest absolute Gasteiger partial charge is 0.486 e. The SMILES string of the molecule is c1ccc2c(c1)CNCC1(CCNCC1)O2.